The Morgan fingerprint density at radius 2 is 1.40 bits per heavy atom. The Bertz CT molecular complexity index is 1330. The Morgan fingerprint density at radius 3 is 1.98 bits per heavy atom. The lowest BCUT2D eigenvalue weighted by molar-refractivity contribution is -0.139. The van der Waals surface area contributed by atoms with E-state index >= 15 is 0 Å². The number of carbonyl (C=O) groups is 2. The summed E-state index contributed by atoms with van der Waals surface area (Å²) < 4.78 is 110. The summed E-state index contributed by atoms with van der Waals surface area (Å²) in [6.07, 6.45) is -5.82. The van der Waals surface area contributed by atoms with E-state index < -0.39 is 65.8 Å². The molecule has 0 aliphatic heterocycles. The van der Waals surface area contributed by atoms with Gasteiger partial charge in [0.1, 0.15) is 11.6 Å². The number of amides is 2. The standard InChI is InChI=1S/C28H24F8N2O2/c1-17(39)28(35,36)16-37-25(40)38-26(14-18-5-3-2-4-6-18,20-7-9-22(29)10-8-20)21-11-19(12-23(30)13-21)15-27(33,34)24(31)32/h2-13,24H,14-16H2,1H3,(H2,37,38,40)/t26-/m1/s1. The van der Waals surface area contributed by atoms with Gasteiger partial charge in [-0.15, -0.1) is 0 Å². The molecule has 4 nitrogen and oxygen atoms in total. The van der Waals surface area contributed by atoms with E-state index in [0.717, 1.165) is 24.3 Å². The van der Waals surface area contributed by atoms with Gasteiger partial charge in [0.05, 0.1) is 12.1 Å². The molecule has 0 radical (unpaired) electrons. The highest BCUT2D eigenvalue weighted by atomic mass is 19.3. The lowest BCUT2D eigenvalue weighted by atomic mass is 9.77. The maximum atomic E-state index is 14.8. The van der Waals surface area contributed by atoms with Gasteiger partial charge in [0.2, 0.25) is 5.78 Å². The van der Waals surface area contributed by atoms with Crippen molar-refractivity contribution in [2.24, 2.45) is 0 Å². The lowest BCUT2D eigenvalue weighted by Crippen LogP contribution is -2.54. The molecule has 0 aromatic heterocycles. The summed E-state index contributed by atoms with van der Waals surface area (Å²) in [7, 11) is 0. The van der Waals surface area contributed by atoms with Crippen molar-refractivity contribution in [2.75, 3.05) is 6.54 Å². The molecule has 40 heavy (non-hydrogen) atoms. The Balaban J connectivity index is 2.20. The Labute approximate surface area is 224 Å². The molecule has 1 atom stereocenters. The highest BCUT2D eigenvalue weighted by Gasteiger charge is 2.42. The van der Waals surface area contributed by atoms with Crippen LogP contribution in [0.5, 0.6) is 0 Å². The van der Waals surface area contributed by atoms with Gasteiger partial charge in [0.15, 0.2) is 0 Å². The number of Topliss-reactive ketones (excluding diaryl/α,β-unsaturated/α-hetero) is 1. The molecule has 2 amide bonds. The van der Waals surface area contributed by atoms with E-state index in [4.69, 9.17) is 0 Å². The minimum Gasteiger partial charge on any atom is -0.332 e. The molecule has 3 rings (SSSR count). The topological polar surface area (TPSA) is 58.2 Å². The fourth-order valence-electron chi connectivity index (χ4n) is 4.10. The van der Waals surface area contributed by atoms with E-state index in [9.17, 15) is 44.7 Å². The summed E-state index contributed by atoms with van der Waals surface area (Å²) in [4.78, 5) is 24.2. The third kappa shape index (κ3) is 7.36. The summed E-state index contributed by atoms with van der Waals surface area (Å²) in [6.45, 7) is -0.769. The molecule has 0 saturated heterocycles. The van der Waals surface area contributed by atoms with E-state index in [1.807, 2.05) is 5.32 Å². The van der Waals surface area contributed by atoms with E-state index in [1.54, 1.807) is 30.3 Å². The second kappa shape index (κ2) is 12.1. The monoisotopic (exact) mass is 572 g/mol. The molecule has 0 saturated carbocycles. The molecule has 0 unspecified atom stereocenters. The summed E-state index contributed by atoms with van der Waals surface area (Å²) in [5, 5.41) is 4.33. The number of ketones is 1. The molecule has 0 heterocycles. The minimum atomic E-state index is -4.51. The fraction of sp³-hybridized carbons (Fsp3) is 0.286. The van der Waals surface area contributed by atoms with Crippen molar-refractivity contribution in [3.63, 3.8) is 0 Å². The van der Waals surface area contributed by atoms with Crippen molar-refractivity contribution in [3.05, 3.63) is 107 Å². The first-order valence-electron chi connectivity index (χ1n) is 11.9. The molecular weight excluding hydrogens is 548 g/mol. The highest BCUT2D eigenvalue weighted by Crippen LogP contribution is 2.36. The van der Waals surface area contributed by atoms with Crippen LogP contribution in [0.2, 0.25) is 0 Å². The minimum absolute atomic E-state index is 0.0865. The average molecular weight is 572 g/mol. The number of carbonyl (C=O) groups excluding carboxylic acids is 2. The van der Waals surface area contributed by atoms with Gasteiger partial charge in [-0.2, -0.15) is 17.6 Å². The second-order valence-corrected chi connectivity index (χ2v) is 9.23. The first kappa shape index (κ1) is 30.6. The molecule has 214 valence electrons. The predicted octanol–water partition coefficient (Wildman–Crippen LogP) is 6.42. The normalized spacial score (nSPS) is 13.6. The van der Waals surface area contributed by atoms with Crippen LogP contribution in [0.3, 0.4) is 0 Å². The number of nitrogens with one attached hydrogen (secondary N) is 2. The van der Waals surface area contributed by atoms with E-state index in [1.165, 1.54) is 12.1 Å². The first-order valence-corrected chi connectivity index (χ1v) is 11.9. The van der Waals surface area contributed by atoms with Crippen molar-refractivity contribution in [1.29, 1.82) is 0 Å². The van der Waals surface area contributed by atoms with E-state index in [0.29, 0.717) is 18.6 Å². The number of hydrogen-bond acceptors (Lipinski definition) is 2. The molecule has 12 heteroatoms. The fourth-order valence-corrected chi connectivity index (χ4v) is 4.10. The average Bonchev–Trinajstić information content (AvgIpc) is 2.87. The molecule has 0 aliphatic rings. The van der Waals surface area contributed by atoms with Gasteiger partial charge >= 0.3 is 24.3 Å². The molecule has 0 spiro atoms. The maximum Gasteiger partial charge on any atom is 0.321 e. The van der Waals surface area contributed by atoms with Crippen LogP contribution in [0.25, 0.3) is 0 Å². The zero-order valence-corrected chi connectivity index (χ0v) is 21.0. The molecule has 0 fully saturated rings. The number of halogens is 8. The predicted molar refractivity (Wildman–Crippen MR) is 131 cm³/mol. The summed E-state index contributed by atoms with van der Waals surface area (Å²) in [5.74, 6) is -11.7. The van der Waals surface area contributed by atoms with Crippen molar-refractivity contribution in [1.82, 2.24) is 10.6 Å². The summed E-state index contributed by atoms with van der Waals surface area (Å²) in [5.41, 5.74) is -2.09. The SMILES string of the molecule is CC(=O)C(F)(F)CNC(=O)N[C@](Cc1ccccc1)(c1ccc(F)cc1)c1cc(F)cc(CC(F)(F)C(F)F)c1. The number of hydrogen-bond donors (Lipinski definition) is 2. The van der Waals surface area contributed by atoms with Crippen molar-refractivity contribution >= 4 is 11.8 Å². The molecule has 2 N–H and O–H groups in total. The van der Waals surface area contributed by atoms with E-state index in [2.05, 4.69) is 5.32 Å². The maximum absolute atomic E-state index is 14.8. The molecule has 3 aromatic rings. The van der Waals surface area contributed by atoms with Crippen LogP contribution < -0.4 is 10.6 Å². The second-order valence-electron chi connectivity index (χ2n) is 9.23. The third-order valence-electron chi connectivity index (χ3n) is 6.17. The van der Waals surface area contributed by atoms with E-state index in [-0.39, 0.29) is 17.5 Å². The van der Waals surface area contributed by atoms with Crippen LogP contribution in [-0.2, 0) is 23.2 Å². The zero-order valence-electron chi connectivity index (χ0n) is 21.0. The van der Waals surface area contributed by atoms with Crippen molar-refractivity contribution < 1.29 is 44.7 Å². The van der Waals surface area contributed by atoms with Gasteiger partial charge in [-0.3, -0.25) is 4.79 Å². The van der Waals surface area contributed by atoms with Crippen LogP contribution in [0.15, 0.2) is 72.8 Å². The first-order chi connectivity index (χ1) is 18.6. The molecule has 3 aromatic carbocycles. The van der Waals surface area contributed by atoms with Crippen LogP contribution in [-0.4, -0.2) is 36.6 Å². The van der Waals surface area contributed by atoms with Crippen molar-refractivity contribution in [2.45, 2.75) is 43.6 Å². The molecule has 0 aliphatic carbocycles. The number of alkyl halides is 6. The van der Waals surface area contributed by atoms with Gasteiger partial charge < -0.3 is 10.6 Å². The Hall–Kier alpha value is -3.96. The van der Waals surface area contributed by atoms with Crippen LogP contribution in [0.4, 0.5) is 39.9 Å². The highest BCUT2D eigenvalue weighted by molar-refractivity contribution is 5.84. The largest absolute Gasteiger partial charge is 0.332 e. The number of urea groups is 1. The van der Waals surface area contributed by atoms with Gasteiger partial charge in [0.25, 0.3) is 0 Å². The van der Waals surface area contributed by atoms with Crippen molar-refractivity contribution in [3.8, 4) is 0 Å². The van der Waals surface area contributed by atoms with Crippen LogP contribution in [0, 0.1) is 11.6 Å². The number of rotatable bonds is 11. The Kier molecular flexibility index (Phi) is 9.21. The van der Waals surface area contributed by atoms with Gasteiger partial charge in [-0.05, 0) is 46.5 Å². The Morgan fingerprint density at radius 1 is 0.775 bits per heavy atom. The zero-order chi connectivity index (χ0) is 29.7. The third-order valence-corrected chi connectivity index (χ3v) is 6.17. The van der Waals surface area contributed by atoms with Gasteiger partial charge in [-0.1, -0.05) is 48.5 Å². The summed E-state index contributed by atoms with van der Waals surface area (Å²) >= 11 is 0. The summed E-state index contributed by atoms with van der Waals surface area (Å²) in [6, 6.07) is 13.8. The van der Waals surface area contributed by atoms with Crippen LogP contribution >= 0.6 is 0 Å². The van der Waals surface area contributed by atoms with Gasteiger partial charge in [-0.25, -0.2) is 22.4 Å². The van der Waals surface area contributed by atoms with Crippen LogP contribution in [0.1, 0.15) is 29.2 Å². The number of benzene rings is 3. The molecular formula is C28H24F8N2O2. The smallest absolute Gasteiger partial charge is 0.321 e. The molecule has 0 bridgehead atoms. The van der Waals surface area contributed by atoms with Gasteiger partial charge in [0, 0.05) is 19.8 Å². The quantitative estimate of drug-likeness (QED) is 0.261. The lowest BCUT2D eigenvalue weighted by Gasteiger charge is -2.37.